The molecule has 1 aliphatic heterocycles. The average molecular weight is 283 g/mol. The Hall–Kier alpha value is -1.14. The Labute approximate surface area is 118 Å². The van der Waals surface area contributed by atoms with Gasteiger partial charge in [-0.2, -0.15) is 0 Å². The van der Waals surface area contributed by atoms with Crippen molar-refractivity contribution in [3.8, 4) is 0 Å². The van der Waals surface area contributed by atoms with Gasteiger partial charge >= 0.3 is 6.03 Å². The van der Waals surface area contributed by atoms with E-state index in [2.05, 4.69) is 17.2 Å². The van der Waals surface area contributed by atoms with E-state index >= 15 is 0 Å². The molecule has 0 radical (unpaired) electrons. The highest BCUT2D eigenvalue weighted by atomic mass is 32.1. The Morgan fingerprint density at radius 2 is 2.42 bits per heavy atom. The Kier molecular flexibility index (Phi) is 4.76. The van der Waals surface area contributed by atoms with Gasteiger partial charge in [0.2, 0.25) is 0 Å². The zero-order valence-corrected chi connectivity index (χ0v) is 12.5. The van der Waals surface area contributed by atoms with Crippen molar-refractivity contribution in [1.29, 1.82) is 0 Å². The SMILES string of the molecule is CCCc1csc(NC(=O)N2CCO[C@H](C)[C@@H]2C)n1. The van der Waals surface area contributed by atoms with E-state index in [9.17, 15) is 4.79 Å². The van der Waals surface area contributed by atoms with Crippen LogP contribution in [0.1, 0.15) is 32.9 Å². The number of nitrogens with one attached hydrogen (secondary N) is 1. The second kappa shape index (κ2) is 6.34. The number of anilines is 1. The van der Waals surface area contributed by atoms with Crippen molar-refractivity contribution in [3.63, 3.8) is 0 Å². The number of thiazole rings is 1. The lowest BCUT2D eigenvalue weighted by Crippen LogP contribution is -2.52. The standard InChI is InChI=1S/C13H21N3O2S/c1-4-5-11-8-19-12(14-11)15-13(17)16-6-7-18-10(3)9(16)2/h8-10H,4-7H2,1-3H3,(H,14,15,17)/t9-,10+/m0/s1. The van der Waals surface area contributed by atoms with Crippen LogP contribution in [0.2, 0.25) is 0 Å². The molecule has 1 aliphatic rings. The first kappa shape index (κ1) is 14.3. The van der Waals surface area contributed by atoms with E-state index in [4.69, 9.17) is 4.74 Å². The van der Waals surface area contributed by atoms with Gasteiger partial charge in [0.25, 0.3) is 0 Å². The van der Waals surface area contributed by atoms with Crippen molar-refractivity contribution in [2.24, 2.45) is 0 Å². The fourth-order valence-corrected chi connectivity index (χ4v) is 2.85. The molecule has 0 unspecified atom stereocenters. The van der Waals surface area contributed by atoms with Gasteiger partial charge in [0.15, 0.2) is 5.13 Å². The van der Waals surface area contributed by atoms with Crippen LogP contribution in [0.15, 0.2) is 5.38 Å². The van der Waals surface area contributed by atoms with Gasteiger partial charge in [-0.3, -0.25) is 5.32 Å². The van der Waals surface area contributed by atoms with E-state index in [1.807, 2.05) is 24.1 Å². The fraction of sp³-hybridized carbons (Fsp3) is 0.692. The summed E-state index contributed by atoms with van der Waals surface area (Å²) in [6.45, 7) is 7.34. The van der Waals surface area contributed by atoms with Crippen molar-refractivity contribution in [2.75, 3.05) is 18.5 Å². The number of nitrogens with zero attached hydrogens (tertiary/aromatic N) is 2. The van der Waals surface area contributed by atoms with Crippen LogP contribution in [0.5, 0.6) is 0 Å². The fourth-order valence-electron chi connectivity index (χ4n) is 2.12. The van der Waals surface area contributed by atoms with Crippen LogP contribution in [0.3, 0.4) is 0 Å². The molecule has 0 aliphatic carbocycles. The molecule has 1 N–H and O–H groups in total. The smallest absolute Gasteiger partial charge is 0.324 e. The summed E-state index contributed by atoms with van der Waals surface area (Å²) in [6.07, 6.45) is 2.10. The molecule has 0 aromatic carbocycles. The van der Waals surface area contributed by atoms with E-state index in [1.54, 1.807) is 0 Å². The van der Waals surface area contributed by atoms with E-state index in [0.717, 1.165) is 18.5 Å². The first-order valence-electron chi connectivity index (χ1n) is 6.75. The number of rotatable bonds is 3. The van der Waals surface area contributed by atoms with Crippen LogP contribution < -0.4 is 5.32 Å². The number of aryl methyl sites for hydroxylation is 1. The third-order valence-corrected chi connectivity index (χ3v) is 4.22. The first-order valence-corrected chi connectivity index (χ1v) is 7.63. The van der Waals surface area contributed by atoms with E-state index in [-0.39, 0.29) is 18.2 Å². The Bertz CT molecular complexity index is 435. The summed E-state index contributed by atoms with van der Waals surface area (Å²) in [6, 6.07) is 0.00359. The molecule has 6 heteroatoms. The number of ether oxygens (including phenoxy) is 1. The molecule has 2 atom stereocenters. The Morgan fingerprint density at radius 1 is 1.63 bits per heavy atom. The van der Waals surface area contributed by atoms with Crippen molar-refractivity contribution in [1.82, 2.24) is 9.88 Å². The van der Waals surface area contributed by atoms with Crippen LogP contribution in [0.25, 0.3) is 0 Å². The molecule has 106 valence electrons. The maximum Gasteiger partial charge on any atom is 0.324 e. The lowest BCUT2D eigenvalue weighted by Gasteiger charge is -2.37. The van der Waals surface area contributed by atoms with Gasteiger partial charge in [0.1, 0.15) is 0 Å². The van der Waals surface area contributed by atoms with Gasteiger partial charge in [-0.25, -0.2) is 9.78 Å². The molecule has 2 rings (SSSR count). The number of urea groups is 1. The molecule has 0 spiro atoms. The highest BCUT2D eigenvalue weighted by Gasteiger charge is 2.29. The maximum atomic E-state index is 12.2. The average Bonchev–Trinajstić information content (AvgIpc) is 2.80. The van der Waals surface area contributed by atoms with Gasteiger partial charge in [-0.05, 0) is 20.3 Å². The van der Waals surface area contributed by atoms with Gasteiger partial charge in [0, 0.05) is 11.9 Å². The molecule has 2 amide bonds. The summed E-state index contributed by atoms with van der Waals surface area (Å²) in [7, 11) is 0. The van der Waals surface area contributed by atoms with Crippen LogP contribution in [0.4, 0.5) is 9.93 Å². The number of amides is 2. The van der Waals surface area contributed by atoms with Crippen molar-refractivity contribution in [2.45, 2.75) is 45.8 Å². The minimum absolute atomic E-state index is 0.0754. The molecule has 1 saturated heterocycles. The molecule has 1 fully saturated rings. The lowest BCUT2D eigenvalue weighted by atomic mass is 10.1. The van der Waals surface area contributed by atoms with Crippen molar-refractivity contribution < 1.29 is 9.53 Å². The second-order valence-corrected chi connectivity index (χ2v) is 5.69. The van der Waals surface area contributed by atoms with Gasteiger partial charge in [-0.1, -0.05) is 13.3 Å². The normalized spacial score (nSPS) is 23.4. The molecule has 19 heavy (non-hydrogen) atoms. The predicted octanol–water partition coefficient (Wildman–Crippen LogP) is 2.74. The number of aromatic nitrogens is 1. The molecule has 1 aromatic rings. The topological polar surface area (TPSA) is 54.5 Å². The highest BCUT2D eigenvalue weighted by Crippen LogP contribution is 2.19. The minimum atomic E-state index is -0.0833. The van der Waals surface area contributed by atoms with Crippen LogP contribution in [-0.4, -0.2) is 41.2 Å². The Morgan fingerprint density at radius 3 is 3.16 bits per heavy atom. The lowest BCUT2D eigenvalue weighted by molar-refractivity contribution is -0.0355. The maximum absolute atomic E-state index is 12.2. The third kappa shape index (κ3) is 3.45. The zero-order valence-electron chi connectivity index (χ0n) is 11.7. The molecule has 2 heterocycles. The van der Waals surface area contributed by atoms with Gasteiger partial charge < -0.3 is 9.64 Å². The summed E-state index contributed by atoms with van der Waals surface area (Å²) in [5.74, 6) is 0. The zero-order chi connectivity index (χ0) is 13.8. The van der Waals surface area contributed by atoms with Crippen LogP contribution in [-0.2, 0) is 11.2 Å². The largest absolute Gasteiger partial charge is 0.375 e. The third-order valence-electron chi connectivity index (χ3n) is 3.42. The first-order chi connectivity index (χ1) is 9.11. The number of hydrogen-bond donors (Lipinski definition) is 1. The monoisotopic (exact) mass is 283 g/mol. The number of carbonyl (C=O) groups excluding carboxylic acids is 1. The molecule has 0 bridgehead atoms. The van der Waals surface area contributed by atoms with Crippen molar-refractivity contribution >= 4 is 22.5 Å². The van der Waals surface area contributed by atoms with Gasteiger partial charge in [-0.15, -0.1) is 11.3 Å². The van der Waals surface area contributed by atoms with Crippen LogP contribution in [0, 0.1) is 0 Å². The number of morpholine rings is 1. The van der Waals surface area contributed by atoms with Gasteiger partial charge in [0.05, 0.1) is 24.4 Å². The Balaban J connectivity index is 1.95. The summed E-state index contributed by atoms with van der Waals surface area (Å²) in [5.41, 5.74) is 1.05. The van der Waals surface area contributed by atoms with E-state index in [1.165, 1.54) is 11.3 Å². The van der Waals surface area contributed by atoms with Crippen LogP contribution >= 0.6 is 11.3 Å². The second-order valence-electron chi connectivity index (χ2n) is 4.83. The molecular weight excluding hydrogens is 262 g/mol. The number of hydrogen-bond acceptors (Lipinski definition) is 4. The quantitative estimate of drug-likeness (QED) is 0.928. The number of carbonyl (C=O) groups is 1. The molecule has 1 aromatic heterocycles. The summed E-state index contributed by atoms with van der Waals surface area (Å²) in [5, 5.41) is 5.57. The van der Waals surface area contributed by atoms with E-state index in [0.29, 0.717) is 18.3 Å². The van der Waals surface area contributed by atoms with E-state index < -0.39 is 0 Å². The van der Waals surface area contributed by atoms with Crippen molar-refractivity contribution in [3.05, 3.63) is 11.1 Å². The molecule has 5 nitrogen and oxygen atoms in total. The highest BCUT2D eigenvalue weighted by molar-refractivity contribution is 7.13. The predicted molar refractivity (Wildman–Crippen MR) is 76.7 cm³/mol. The molecule has 0 saturated carbocycles. The minimum Gasteiger partial charge on any atom is -0.375 e. The summed E-state index contributed by atoms with van der Waals surface area (Å²) < 4.78 is 5.52. The summed E-state index contributed by atoms with van der Waals surface area (Å²) >= 11 is 1.48. The molecular formula is C13H21N3O2S. The summed E-state index contributed by atoms with van der Waals surface area (Å²) in [4.78, 5) is 18.4.